The summed E-state index contributed by atoms with van der Waals surface area (Å²) in [6.45, 7) is 0. The first-order chi connectivity index (χ1) is 8.20. The molecule has 1 fully saturated rings. The van der Waals surface area contributed by atoms with Crippen molar-refractivity contribution in [3.63, 3.8) is 0 Å². The summed E-state index contributed by atoms with van der Waals surface area (Å²) in [5.41, 5.74) is 1.04. The molecule has 17 heavy (non-hydrogen) atoms. The van der Waals surface area contributed by atoms with Crippen molar-refractivity contribution in [2.45, 2.75) is 18.9 Å². The first kappa shape index (κ1) is 11.3. The summed E-state index contributed by atoms with van der Waals surface area (Å²) in [6, 6.07) is 6.90. The predicted molar refractivity (Wildman–Crippen MR) is 64.9 cm³/mol. The van der Waals surface area contributed by atoms with Gasteiger partial charge >= 0.3 is 5.97 Å². The lowest BCUT2D eigenvalue weighted by molar-refractivity contribution is 0.0697. The van der Waals surface area contributed by atoms with Gasteiger partial charge in [0.25, 0.3) is 0 Å². The Hall–Kier alpha value is -2.17. The van der Waals surface area contributed by atoms with E-state index in [4.69, 9.17) is 10.5 Å². The smallest absolute Gasteiger partial charge is 0.335 e. The molecule has 0 heterocycles. The molecule has 1 aliphatic rings. The molecule has 1 aromatic carbocycles. The summed E-state index contributed by atoms with van der Waals surface area (Å²) in [6.07, 6.45) is 3.21. The van der Waals surface area contributed by atoms with Crippen LogP contribution in [0.2, 0.25) is 0 Å². The van der Waals surface area contributed by atoms with Gasteiger partial charge < -0.3 is 10.4 Å². The second-order valence-electron chi connectivity index (χ2n) is 3.91. The molecule has 5 nitrogen and oxygen atoms in total. The Labute approximate surface area is 98.7 Å². The van der Waals surface area contributed by atoms with Gasteiger partial charge in [-0.25, -0.2) is 9.79 Å². The fourth-order valence-corrected chi connectivity index (χ4v) is 1.45. The Morgan fingerprint density at radius 2 is 1.94 bits per heavy atom. The standard InChI is InChI=1S/C12H13N3O2/c13-7-14-11(15-10-5-6-10)8-1-3-9(4-2-8)12(16)17/h1-4,7,10H,5-6H2,(H,16,17)(H2,13,14,15). The van der Waals surface area contributed by atoms with E-state index >= 15 is 0 Å². The molecule has 1 aromatic rings. The molecule has 3 N–H and O–H groups in total. The van der Waals surface area contributed by atoms with Crippen LogP contribution in [0.3, 0.4) is 0 Å². The van der Waals surface area contributed by atoms with Gasteiger partial charge in [-0.2, -0.15) is 0 Å². The quantitative estimate of drug-likeness (QED) is 0.542. The van der Waals surface area contributed by atoms with E-state index in [0.717, 1.165) is 24.7 Å². The van der Waals surface area contributed by atoms with Crippen LogP contribution in [-0.4, -0.2) is 29.3 Å². The third kappa shape index (κ3) is 2.90. The van der Waals surface area contributed by atoms with Crippen LogP contribution in [0.5, 0.6) is 0 Å². The number of aromatic carboxylic acids is 1. The van der Waals surface area contributed by atoms with Crippen LogP contribution >= 0.6 is 0 Å². The topological polar surface area (TPSA) is 85.5 Å². The van der Waals surface area contributed by atoms with Crippen molar-refractivity contribution in [2.75, 3.05) is 0 Å². The molecule has 0 aromatic heterocycles. The maximum atomic E-state index is 10.7. The SMILES string of the molecule is N=C/N=C(\NC1CC1)c1ccc(C(=O)O)cc1. The van der Waals surface area contributed by atoms with E-state index in [1.807, 2.05) is 0 Å². The first-order valence-corrected chi connectivity index (χ1v) is 5.37. The van der Waals surface area contributed by atoms with E-state index in [1.165, 1.54) is 12.1 Å². The van der Waals surface area contributed by atoms with E-state index < -0.39 is 5.97 Å². The fraction of sp³-hybridized carbons (Fsp3) is 0.250. The lowest BCUT2D eigenvalue weighted by atomic mass is 10.1. The molecule has 0 bridgehead atoms. The fourth-order valence-electron chi connectivity index (χ4n) is 1.45. The first-order valence-electron chi connectivity index (χ1n) is 5.37. The van der Waals surface area contributed by atoms with Gasteiger partial charge in [-0.05, 0) is 25.0 Å². The minimum absolute atomic E-state index is 0.245. The summed E-state index contributed by atoms with van der Waals surface area (Å²) >= 11 is 0. The third-order valence-corrected chi connectivity index (χ3v) is 2.52. The number of amidine groups is 1. The Balaban J connectivity index is 2.20. The van der Waals surface area contributed by atoms with Crippen molar-refractivity contribution in [2.24, 2.45) is 4.99 Å². The number of hydrogen-bond donors (Lipinski definition) is 3. The highest BCUT2D eigenvalue weighted by Crippen LogP contribution is 2.19. The Bertz CT molecular complexity index is 461. The van der Waals surface area contributed by atoms with E-state index in [1.54, 1.807) is 12.1 Å². The van der Waals surface area contributed by atoms with E-state index in [0.29, 0.717) is 11.9 Å². The molecule has 0 unspecified atom stereocenters. The largest absolute Gasteiger partial charge is 0.478 e. The maximum absolute atomic E-state index is 10.7. The minimum Gasteiger partial charge on any atom is -0.478 e. The average Bonchev–Trinajstić information content (AvgIpc) is 3.13. The third-order valence-electron chi connectivity index (χ3n) is 2.52. The highest BCUT2D eigenvalue weighted by Gasteiger charge is 2.22. The number of nitrogens with one attached hydrogen (secondary N) is 2. The zero-order chi connectivity index (χ0) is 12.3. The molecule has 1 aliphatic carbocycles. The van der Waals surface area contributed by atoms with Crippen LogP contribution in [-0.2, 0) is 0 Å². The molecular formula is C12H13N3O2. The second kappa shape index (κ2) is 4.78. The number of carboxylic acids is 1. The minimum atomic E-state index is -0.947. The van der Waals surface area contributed by atoms with Crippen LogP contribution in [0, 0.1) is 5.41 Å². The molecule has 88 valence electrons. The van der Waals surface area contributed by atoms with Gasteiger partial charge in [0.1, 0.15) is 12.2 Å². The van der Waals surface area contributed by atoms with Gasteiger partial charge in [-0.3, -0.25) is 5.41 Å². The molecule has 0 amide bonds. The molecule has 0 saturated heterocycles. The van der Waals surface area contributed by atoms with Crippen LogP contribution in [0.1, 0.15) is 28.8 Å². The van der Waals surface area contributed by atoms with Gasteiger partial charge in [-0.1, -0.05) is 12.1 Å². The average molecular weight is 231 g/mol. The van der Waals surface area contributed by atoms with Crippen molar-refractivity contribution in [1.82, 2.24) is 5.32 Å². The number of benzene rings is 1. The molecule has 1 saturated carbocycles. The van der Waals surface area contributed by atoms with Crippen molar-refractivity contribution in [3.05, 3.63) is 35.4 Å². The molecule has 5 heteroatoms. The Morgan fingerprint density at radius 1 is 1.35 bits per heavy atom. The Morgan fingerprint density at radius 3 is 2.41 bits per heavy atom. The molecule has 0 aliphatic heterocycles. The van der Waals surface area contributed by atoms with Crippen LogP contribution in [0.15, 0.2) is 29.3 Å². The Kier molecular flexibility index (Phi) is 3.18. The molecule has 2 rings (SSSR count). The zero-order valence-corrected chi connectivity index (χ0v) is 9.18. The van der Waals surface area contributed by atoms with E-state index in [-0.39, 0.29) is 5.56 Å². The summed E-state index contributed by atoms with van der Waals surface area (Å²) in [4.78, 5) is 14.7. The summed E-state index contributed by atoms with van der Waals surface area (Å²) < 4.78 is 0. The normalized spacial score (nSPS) is 15.4. The zero-order valence-electron chi connectivity index (χ0n) is 9.18. The van der Waals surface area contributed by atoms with Crippen molar-refractivity contribution in [1.29, 1.82) is 5.41 Å². The number of hydrogen-bond acceptors (Lipinski definition) is 2. The van der Waals surface area contributed by atoms with E-state index in [2.05, 4.69) is 10.3 Å². The number of rotatable bonds is 4. The van der Waals surface area contributed by atoms with Gasteiger partial charge in [0.05, 0.1) is 5.56 Å². The molecule has 0 atom stereocenters. The van der Waals surface area contributed by atoms with Crippen LogP contribution < -0.4 is 5.32 Å². The lowest BCUT2D eigenvalue weighted by Crippen LogP contribution is -2.26. The summed E-state index contributed by atoms with van der Waals surface area (Å²) in [7, 11) is 0. The maximum Gasteiger partial charge on any atom is 0.335 e. The van der Waals surface area contributed by atoms with Crippen molar-refractivity contribution >= 4 is 18.1 Å². The van der Waals surface area contributed by atoms with E-state index in [9.17, 15) is 4.79 Å². The van der Waals surface area contributed by atoms with Gasteiger partial charge in [0, 0.05) is 11.6 Å². The molecule has 0 spiro atoms. The number of carbonyl (C=O) groups is 1. The van der Waals surface area contributed by atoms with Gasteiger partial charge in [0.15, 0.2) is 0 Å². The molecule has 0 radical (unpaired) electrons. The number of aliphatic imine (C=N–C) groups is 1. The van der Waals surface area contributed by atoms with Gasteiger partial charge in [0.2, 0.25) is 0 Å². The monoisotopic (exact) mass is 231 g/mol. The summed E-state index contributed by atoms with van der Waals surface area (Å²) in [5, 5.41) is 19.0. The van der Waals surface area contributed by atoms with Crippen LogP contribution in [0.25, 0.3) is 0 Å². The van der Waals surface area contributed by atoms with Gasteiger partial charge in [-0.15, -0.1) is 0 Å². The predicted octanol–water partition coefficient (Wildman–Crippen LogP) is 1.49. The van der Waals surface area contributed by atoms with Crippen molar-refractivity contribution in [3.8, 4) is 0 Å². The highest BCUT2D eigenvalue weighted by molar-refractivity contribution is 6.03. The lowest BCUT2D eigenvalue weighted by Gasteiger charge is -2.08. The number of nitrogens with zero attached hydrogens (tertiary/aromatic N) is 1. The highest BCUT2D eigenvalue weighted by atomic mass is 16.4. The second-order valence-corrected chi connectivity index (χ2v) is 3.91. The summed E-state index contributed by atoms with van der Waals surface area (Å²) in [5.74, 6) is -0.323. The number of carboxylic acid groups (broad SMARTS) is 1. The van der Waals surface area contributed by atoms with Crippen LogP contribution in [0.4, 0.5) is 0 Å². The van der Waals surface area contributed by atoms with Crippen molar-refractivity contribution < 1.29 is 9.90 Å². The molecular weight excluding hydrogens is 218 g/mol.